The smallest absolute Gasteiger partial charge is 0.303 e. The molecule has 2 N–H and O–H groups in total. The Hall–Kier alpha value is -2.38. The molecule has 204 valence electrons. The lowest BCUT2D eigenvalue weighted by Gasteiger charge is -2.42. The van der Waals surface area contributed by atoms with Crippen molar-refractivity contribution in [3.8, 4) is 5.75 Å². The number of aromatic nitrogens is 1. The van der Waals surface area contributed by atoms with E-state index in [9.17, 15) is 15.0 Å². The van der Waals surface area contributed by atoms with Gasteiger partial charge < -0.3 is 24.7 Å². The first-order valence-corrected chi connectivity index (χ1v) is 14.1. The lowest BCUT2D eigenvalue weighted by molar-refractivity contribution is -0.141. The van der Waals surface area contributed by atoms with Gasteiger partial charge in [-0.15, -0.1) is 0 Å². The summed E-state index contributed by atoms with van der Waals surface area (Å²) in [6.45, 7) is 3.04. The Morgan fingerprint density at radius 1 is 1.22 bits per heavy atom. The molecule has 2 heterocycles. The highest BCUT2D eigenvalue weighted by Gasteiger charge is 2.37. The number of carboxylic acids is 1. The Morgan fingerprint density at radius 3 is 2.59 bits per heavy atom. The summed E-state index contributed by atoms with van der Waals surface area (Å²) in [5.74, 6) is 0.856. The molecular weight excluding hydrogens is 466 g/mol. The average molecular weight is 512 g/mol. The fourth-order valence-corrected chi connectivity index (χ4v) is 6.53. The van der Waals surface area contributed by atoms with Crippen LogP contribution in [0.25, 0.3) is 10.9 Å². The van der Waals surface area contributed by atoms with Gasteiger partial charge in [-0.3, -0.25) is 9.78 Å². The zero-order valence-electron chi connectivity index (χ0n) is 22.9. The number of hydrogen-bond acceptors (Lipinski definition) is 6. The van der Waals surface area contributed by atoms with Crippen molar-refractivity contribution in [2.45, 2.75) is 76.7 Å². The molecular formula is C30H45N3O4. The highest BCUT2D eigenvalue weighted by Crippen LogP contribution is 2.43. The van der Waals surface area contributed by atoms with Crippen molar-refractivity contribution >= 4 is 22.6 Å². The number of methoxy groups -OCH3 is 1. The molecule has 1 saturated carbocycles. The van der Waals surface area contributed by atoms with E-state index in [1.54, 1.807) is 7.11 Å². The quantitative estimate of drug-likeness (QED) is 0.403. The summed E-state index contributed by atoms with van der Waals surface area (Å²) >= 11 is 0. The van der Waals surface area contributed by atoms with Crippen molar-refractivity contribution in [1.82, 2.24) is 9.88 Å². The summed E-state index contributed by atoms with van der Waals surface area (Å²) in [6.07, 6.45) is 12.4. The van der Waals surface area contributed by atoms with Crippen molar-refractivity contribution in [2.75, 3.05) is 45.7 Å². The van der Waals surface area contributed by atoms with Gasteiger partial charge in [-0.05, 0) is 81.3 Å². The molecule has 0 spiro atoms. The summed E-state index contributed by atoms with van der Waals surface area (Å²) in [4.78, 5) is 21.0. The van der Waals surface area contributed by atoms with Crippen LogP contribution in [0.3, 0.4) is 0 Å². The third-order valence-corrected chi connectivity index (χ3v) is 8.88. The van der Waals surface area contributed by atoms with E-state index in [0.29, 0.717) is 12.8 Å². The molecule has 2 aromatic rings. The van der Waals surface area contributed by atoms with Crippen LogP contribution in [0.4, 0.5) is 5.69 Å². The fourth-order valence-electron chi connectivity index (χ4n) is 6.53. The van der Waals surface area contributed by atoms with Crippen LogP contribution in [-0.4, -0.2) is 66.9 Å². The van der Waals surface area contributed by atoms with Crippen molar-refractivity contribution < 1.29 is 19.7 Å². The van der Waals surface area contributed by atoms with E-state index in [2.05, 4.69) is 9.88 Å². The number of piperidine rings is 1. The van der Waals surface area contributed by atoms with Gasteiger partial charge in [0.2, 0.25) is 0 Å². The summed E-state index contributed by atoms with van der Waals surface area (Å²) < 4.78 is 5.45. The van der Waals surface area contributed by atoms with Crippen molar-refractivity contribution in [1.29, 1.82) is 0 Å². The predicted octanol–water partition coefficient (Wildman–Crippen LogP) is 5.65. The van der Waals surface area contributed by atoms with Gasteiger partial charge in [0.05, 0.1) is 37.0 Å². The third-order valence-electron chi connectivity index (χ3n) is 8.88. The Balaban J connectivity index is 1.45. The first kappa shape index (κ1) is 27.6. The van der Waals surface area contributed by atoms with Crippen LogP contribution in [0.2, 0.25) is 0 Å². The van der Waals surface area contributed by atoms with E-state index >= 15 is 0 Å². The molecule has 7 nitrogen and oxygen atoms in total. The summed E-state index contributed by atoms with van der Waals surface area (Å²) in [7, 11) is 5.54. The Morgan fingerprint density at radius 2 is 1.95 bits per heavy atom. The summed E-state index contributed by atoms with van der Waals surface area (Å²) in [5, 5.41) is 22.2. The number of anilines is 1. The number of aliphatic carboxylic acids is 1. The maximum atomic E-state index is 11.9. The van der Waals surface area contributed by atoms with Gasteiger partial charge in [-0.1, -0.05) is 32.1 Å². The second-order valence-electron chi connectivity index (χ2n) is 11.6. The van der Waals surface area contributed by atoms with Crippen LogP contribution in [0.5, 0.6) is 5.75 Å². The van der Waals surface area contributed by atoms with E-state index in [4.69, 9.17) is 4.74 Å². The zero-order valence-corrected chi connectivity index (χ0v) is 22.9. The van der Waals surface area contributed by atoms with E-state index in [-0.39, 0.29) is 11.8 Å². The topological polar surface area (TPSA) is 86.1 Å². The Labute approximate surface area is 221 Å². The van der Waals surface area contributed by atoms with Gasteiger partial charge >= 0.3 is 5.97 Å². The number of aliphatic hydroxyl groups excluding tert-OH is 1. The van der Waals surface area contributed by atoms with E-state index < -0.39 is 12.1 Å². The lowest BCUT2D eigenvalue weighted by Crippen LogP contribution is -2.42. The van der Waals surface area contributed by atoms with Crippen LogP contribution in [0.15, 0.2) is 24.4 Å². The summed E-state index contributed by atoms with van der Waals surface area (Å²) in [5.41, 5.74) is 2.25. The number of likely N-dealkylation sites (tertiary alicyclic amines) is 1. The molecule has 1 saturated heterocycles. The van der Waals surface area contributed by atoms with Crippen LogP contribution in [0, 0.1) is 11.3 Å². The number of nitrogens with zero attached hydrogens (tertiary/aromatic N) is 3. The van der Waals surface area contributed by atoms with Gasteiger partial charge in [-0.25, -0.2) is 0 Å². The maximum absolute atomic E-state index is 11.9. The second kappa shape index (κ2) is 12.4. The Kier molecular flexibility index (Phi) is 9.30. The Bertz CT molecular complexity index is 1040. The van der Waals surface area contributed by atoms with Gasteiger partial charge in [-0.2, -0.15) is 0 Å². The molecule has 1 aliphatic heterocycles. The number of fused-ring (bicyclic) bond motifs is 1. The second-order valence-corrected chi connectivity index (χ2v) is 11.6. The van der Waals surface area contributed by atoms with Gasteiger partial charge in [0.15, 0.2) is 0 Å². The van der Waals surface area contributed by atoms with Crippen molar-refractivity contribution in [3.63, 3.8) is 0 Å². The molecule has 37 heavy (non-hydrogen) atoms. The zero-order chi connectivity index (χ0) is 26.4. The third kappa shape index (κ3) is 6.94. The van der Waals surface area contributed by atoms with E-state index in [0.717, 1.165) is 66.3 Å². The fraction of sp³-hybridized carbons (Fsp3) is 0.667. The minimum Gasteiger partial charge on any atom is -0.497 e. The molecule has 0 radical (unpaired) electrons. The molecule has 2 aliphatic rings. The van der Waals surface area contributed by atoms with Crippen LogP contribution >= 0.6 is 0 Å². The molecule has 0 amide bonds. The lowest BCUT2D eigenvalue weighted by atomic mass is 9.71. The molecule has 0 bridgehead atoms. The number of pyridine rings is 1. The van der Waals surface area contributed by atoms with E-state index in [1.807, 2.05) is 43.4 Å². The van der Waals surface area contributed by atoms with Crippen molar-refractivity contribution in [2.24, 2.45) is 11.3 Å². The molecule has 2 fully saturated rings. The molecule has 4 rings (SSSR count). The van der Waals surface area contributed by atoms with Crippen LogP contribution in [-0.2, 0) is 4.79 Å². The number of carboxylic acid groups (broad SMARTS) is 1. The molecule has 7 heteroatoms. The number of ether oxygens (including phenoxy) is 1. The molecule has 1 unspecified atom stereocenters. The van der Waals surface area contributed by atoms with Gasteiger partial charge in [0.1, 0.15) is 5.75 Å². The largest absolute Gasteiger partial charge is 0.497 e. The normalized spacial score (nSPS) is 19.6. The number of carbonyl (C=O) groups is 1. The highest BCUT2D eigenvalue weighted by atomic mass is 16.5. The first-order chi connectivity index (χ1) is 17.8. The molecule has 1 aromatic carbocycles. The van der Waals surface area contributed by atoms with E-state index in [1.165, 1.54) is 38.5 Å². The molecule has 1 aliphatic carbocycles. The molecule has 1 atom stereocenters. The first-order valence-electron chi connectivity index (χ1n) is 14.1. The molecule has 1 aromatic heterocycles. The van der Waals surface area contributed by atoms with Crippen LogP contribution < -0.4 is 9.64 Å². The van der Waals surface area contributed by atoms with Crippen LogP contribution in [0.1, 0.15) is 82.3 Å². The SMILES string of the molecule is COc1ccc2ncc(N(C)C)c(C(O)CCC3(CC(=O)O)CCN(CCC4CCCCC4)CC3)c2c1. The number of rotatable bonds is 11. The minimum absolute atomic E-state index is 0.168. The summed E-state index contributed by atoms with van der Waals surface area (Å²) in [6, 6.07) is 5.73. The minimum atomic E-state index is -0.738. The monoisotopic (exact) mass is 511 g/mol. The highest BCUT2D eigenvalue weighted by molar-refractivity contribution is 5.88. The maximum Gasteiger partial charge on any atom is 0.303 e. The number of benzene rings is 1. The average Bonchev–Trinajstić information content (AvgIpc) is 2.90. The number of hydrogen-bond donors (Lipinski definition) is 2. The van der Waals surface area contributed by atoms with Gasteiger partial charge in [0.25, 0.3) is 0 Å². The number of aliphatic hydroxyl groups is 1. The van der Waals surface area contributed by atoms with Gasteiger partial charge in [0, 0.05) is 25.0 Å². The standard InChI is InChI=1S/C30H45N3O4/c1-32(2)26-21-31-25-10-9-23(37-3)19-24(25)29(26)27(34)11-13-30(20-28(35)36)14-17-33(18-15-30)16-12-22-7-5-4-6-8-22/h9-10,19,21-22,27,34H,4-8,11-18,20H2,1-3H3,(H,35,36). The van der Waals surface area contributed by atoms with Crippen molar-refractivity contribution in [3.05, 3.63) is 30.0 Å². The predicted molar refractivity (Wildman–Crippen MR) is 148 cm³/mol.